The molecule has 1 unspecified atom stereocenters. The van der Waals surface area contributed by atoms with Gasteiger partial charge in [0, 0.05) is 5.56 Å². The molecule has 166 valence electrons. The first-order chi connectivity index (χ1) is 15.2. The second kappa shape index (κ2) is 8.39. The van der Waals surface area contributed by atoms with E-state index in [4.69, 9.17) is 4.74 Å². The van der Waals surface area contributed by atoms with Gasteiger partial charge in [0.1, 0.15) is 16.7 Å². The molecular formula is C25H25FN2O3S. The lowest BCUT2D eigenvalue weighted by atomic mass is 9.94. The molecule has 5 nitrogen and oxygen atoms in total. The minimum atomic E-state index is -3.96. The van der Waals surface area contributed by atoms with Gasteiger partial charge in [-0.15, -0.1) is 4.40 Å². The molecule has 3 aromatic carbocycles. The number of hydrogen-bond donors (Lipinski definition) is 1. The number of nitrogens with one attached hydrogen (secondary N) is 1. The van der Waals surface area contributed by atoms with Gasteiger partial charge in [-0.05, 0) is 49.6 Å². The first kappa shape index (κ1) is 22.0. The van der Waals surface area contributed by atoms with E-state index in [0.717, 1.165) is 11.1 Å². The molecule has 0 amide bonds. The third-order valence-corrected chi connectivity index (χ3v) is 7.36. The van der Waals surface area contributed by atoms with Crippen LogP contribution in [-0.2, 0) is 14.8 Å². The van der Waals surface area contributed by atoms with Crippen molar-refractivity contribution in [3.8, 4) is 11.1 Å². The van der Waals surface area contributed by atoms with Crippen LogP contribution in [-0.4, -0.2) is 20.0 Å². The Balaban J connectivity index is 1.66. The lowest BCUT2D eigenvalue weighted by Gasteiger charge is -2.37. The van der Waals surface area contributed by atoms with Crippen LogP contribution < -0.4 is 5.32 Å². The molecule has 1 N–H and O–H groups in total. The van der Waals surface area contributed by atoms with Crippen molar-refractivity contribution in [2.24, 2.45) is 4.40 Å². The fourth-order valence-electron chi connectivity index (χ4n) is 4.08. The zero-order chi connectivity index (χ0) is 22.9. The van der Waals surface area contributed by atoms with Gasteiger partial charge in [0.05, 0.1) is 6.04 Å². The molecule has 0 saturated carbocycles. The molecule has 0 spiro atoms. The van der Waals surface area contributed by atoms with Crippen LogP contribution in [0.4, 0.5) is 4.39 Å². The van der Waals surface area contributed by atoms with Gasteiger partial charge in [-0.2, -0.15) is 0 Å². The Morgan fingerprint density at radius 2 is 1.62 bits per heavy atom. The molecule has 1 aliphatic rings. The summed E-state index contributed by atoms with van der Waals surface area (Å²) < 4.78 is 50.5. The Labute approximate surface area is 188 Å². The van der Waals surface area contributed by atoms with Crippen LogP contribution in [0.15, 0.2) is 83.3 Å². The van der Waals surface area contributed by atoms with Crippen molar-refractivity contribution in [2.45, 2.75) is 37.7 Å². The lowest BCUT2D eigenvalue weighted by molar-refractivity contribution is 0.0768. The smallest absolute Gasteiger partial charge is 0.301 e. The predicted octanol–water partition coefficient (Wildman–Crippen LogP) is 5.38. The van der Waals surface area contributed by atoms with Gasteiger partial charge in [-0.25, -0.2) is 12.8 Å². The molecule has 0 saturated heterocycles. The average Bonchev–Trinajstić information content (AvgIpc) is 2.73. The Morgan fingerprint density at radius 1 is 0.969 bits per heavy atom. The molecule has 0 fully saturated rings. The third kappa shape index (κ3) is 4.39. The quantitative estimate of drug-likeness (QED) is 0.577. The summed E-state index contributed by atoms with van der Waals surface area (Å²) in [6, 6.07) is 22.8. The zero-order valence-electron chi connectivity index (χ0n) is 18.1. The first-order valence-electron chi connectivity index (χ1n) is 10.4. The summed E-state index contributed by atoms with van der Waals surface area (Å²) in [4.78, 5) is 0. The topological polar surface area (TPSA) is 67.8 Å². The Morgan fingerprint density at radius 3 is 2.31 bits per heavy atom. The number of benzene rings is 3. The molecule has 0 aliphatic carbocycles. The van der Waals surface area contributed by atoms with Gasteiger partial charge in [-0.1, -0.05) is 66.7 Å². The van der Waals surface area contributed by atoms with Gasteiger partial charge < -0.3 is 10.1 Å². The number of rotatable bonds is 4. The van der Waals surface area contributed by atoms with Crippen LogP contribution in [0, 0.1) is 5.82 Å². The summed E-state index contributed by atoms with van der Waals surface area (Å²) in [5.41, 5.74) is 1.79. The second-order valence-corrected chi connectivity index (χ2v) is 10.1. The highest BCUT2D eigenvalue weighted by molar-refractivity contribution is 7.90. The van der Waals surface area contributed by atoms with Crippen LogP contribution in [0.2, 0.25) is 0 Å². The number of ether oxygens (including phenoxy) is 1. The highest BCUT2D eigenvalue weighted by Gasteiger charge is 2.47. The van der Waals surface area contributed by atoms with E-state index in [-0.39, 0.29) is 11.8 Å². The first-order valence-corrected chi connectivity index (χ1v) is 11.9. The van der Waals surface area contributed by atoms with E-state index in [0.29, 0.717) is 11.1 Å². The molecule has 1 heterocycles. The van der Waals surface area contributed by atoms with E-state index in [9.17, 15) is 12.8 Å². The number of nitrogens with zero attached hydrogens (tertiary/aromatic N) is 1. The number of amidine groups is 1. The van der Waals surface area contributed by atoms with Crippen molar-refractivity contribution in [2.75, 3.05) is 0 Å². The highest BCUT2D eigenvalue weighted by Crippen LogP contribution is 2.41. The summed E-state index contributed by atoms with van der Waals surface area (Å²) in [7, 11) is -3.96. The minimum absolute atomic E-state index is 0.138. The van der Waals surface area contributed by atoms with Crippen molar-refractivity contribution in [3.63, 3.8) is 0 Å². The third-order valence-electron chi connectivity index (χ3n) is 5.51. The van der Waals surface area contributed by atoms with Crippen molar-refractivity contribution in [1.29, 1.82) is 0 Å². The standard InChI is InChI=1S/C25H25FN2O3S/c1-17(21-14-7-8-15-22(21)26)27-24-28-32(29,30)23(25(2,3)31-24)20-13-9-12-19(16-20)18-10-5-4-6-11-18/h4-17,23H,1-3H3,(H,27,28)/t17-,23?/m0/s1. The van der Waals surface area contributed by atoms with E-state index >= 15 is 0 Å². The Hall–Kier alpha value is -3.19. The van der Waals surface area contributed by atoms with Gasteiger partial charge in [0.2, 0.25) is 0 Å². The molecule has 32 heavy (non-hydrogen) atoms. The maximum absolute atomic E-state index is 14.1. The summed E-state index contributed by atoms with van der Waals surface area (Å²) >= 11 is 0. The summed E-state index contributed by atoms with van der Waals surface area (Å²) in [6.45, 7) is 5.16. The number of hydrogen-bond acceptors (Lipinski definition) is 4. The maximum atomic E-state index is 14.1. The molecule has 7 heteroatoms. The molecule has 2 atom stereocenters. The van der Waals surface area contributed by atoms with Crippen LogP contribution in [0.5, 0.6) is 0 Å². The van der Waals surface area contributed by atoms with Crippen LogP contribution >= 0.6 is 0 Å². The molecule has 4 rings (SSSR count). The van der Waals surface area contributed by atoms with Crippen LogP contribution in [0.25, 0.3) is 11.1 Å². The second-order valence-electron chi connectivity index (χ2n) is 8.38. The van der Waals surface area contributed by atoms with Gasteiger partial charge in [0.15, 0.2) is 0 Å². The van der Waals surface area contributed by atoms with Crippen LogP contribution in [0.1, 0.15) is 43.2 Å². The van der Waals surface area contributed by atoms with Gasteiger partial charge >= 0.3 is 6.02 Å². The monoisotopic (exact) mass is 452 g/mol. The highest BCUT2D eigenvalue weighted by atomic mass is 32.2. The molecule has 0 radical (unpaired) electrons. The molecular weight excluding hydrogens is 427 g/mol. The summed E-state index contributed by atoms with van der Waals surface area (Å²) in [5.74, 6) is -0.387. The Bertz CT molecular complexity index is 1260. The minimum Gasteiger partial charge on any atom is -0.457 e. The molecule has 0 aromatic heterocycles. The van der Waals surface area contributed by atoms with Gasteiger partial charge in [-0.3, -0.25) is 0 Å². The molecule has 0 bridgehead atoms. The average molecular weight is 453 g/mol. The molecule has 3 aromatic rings. The number of sulfonamides is 1. The van der Waals surface area contributed by atoms with Crippen LogP contribution in [0.3, 0.4) is 0 Å². The van der Waals surface area contributed by atoms with Crippen molar-refractivity contribution in [3.05, 3.63) is 95.8 Å². The SMILES string of the molecule is C[C@H](NC1=NS(=O)(=O)C(c2cccc(-c3ccccc3)c2)C(C)(C)O1)c1ccccc1F. The van der Waals surface area contributed by atoms with E-state index in [1.165, 1.54) is 6.07 Å². The number of halogens is 1. The van der Waals surface area contributed by atoms with Crippen molar-refractivity contribution < 1.29 is 17.5 Å². The summed E-state index contributed by atoms with van der Waals surface area (Å²) in [5, 5.41) is 1.91. The Kier molecular flexibility index (Phi) is 5.77. The largest absolute Gasteiger partial charge is 0.457 e. The fourth-order valence-corrected chi connectivity index (χ4v) is 5.76. The van der Waals surface area contributed by atoms with Crippen molar-refractivity contribution >= 4 is 16.0 Å². The van der Waals surface area contributed by atoms with E-state index in [1.54, 1.807) is 45.0 Å². The van der Waals surface area contributed by atoms with Gasteiger partial charge in [0.25, 0.3) is 10.0 Å². The van der Waals surface area contributed by atoms with Crippen molar-refractivity contribution in [1.82, 2.24) is 5.32 Å². The predicted molar refractivity (Wildman–Crippen MR) is 124 cm³/mol. The zero-order valence-corrected chi connectivity index (χ0v) is 18.9. The van der Waals surface area contributed by atoms with E-state index < -0.39 is 26.9 Å². The lowest BCUT2D eigenvalue weighted by Crippen LogP contribution is -2.47. The van der Waals surface area contributed by atoms with E-state index in [1.807, 2.05) is 48.5 Å². The fraction of sp³-hybridized carbons (Fsp3) is 0.240. The van der Waals surface area contributed by atoms with E-state index in [2.05, 4.69) is 9.71 Å². The summed E-state index contributed by atoms with van der Waals surface area (Å²) in [6.07, 6.45) is 0. The molecule has 1 aliphatic heterocycles. The normalized spacial score (nSPS) is 20.0. The maximum Gasteiger partial charge on any atom is 0.301 e.